The first-order valence-corrected chi connectivity index (χ1v) is 7.30. The Morgan fingerprint density at radius 3 is 2.57 bits per heavy atom. The Morgan fingerprint density at radius 1 is 1.14 bits per heavy atom. The average Bonchev–Trinajstić information content (AvgIpc) is 2.80. The number of nitrogens with two attached hydrogens (primary N) is 1. The van der Waals surface area contributed by atoms with E-state index in [1.165, 1.54) is 11.1 Å². The third-order valence-corrected chi connectivity index (χ3v) is 4.03. The van der Waals surface area contributed by atoms with Crippen molar-refractivity contribution in [2.45, 2.75) is 32.7 Å². The average molecular weight is 280 g/mol. The van der Waals surface area contributed by atoms with Gasteiger partial charge in [0.2, 0.25) is 0 Å². The first-order valence-electron chi connectivity index (χ1n) is 7.30. The Kier molecular flexibility index (Phi) is 3.42. The molecule has 21 heavy (non-hydrogen) atoms. The fourth-order valence-electron chi connectivity index (χ4n) is 3.13. The molecule has 3 rings (SSSR count). The second-order valence-corrected chi connectivity index (χ2v) is 5.90. The van der Waals surface area contributed by atoms with Crippen molar-refractivity contribution in [2.24, 2.45) is 0 Å². The summed E-state index contributed by atoms with van der Waals surface area (Å²) in [5, 5.41) is 3.15. The maximum atomic E-state index is 12.4. The van der Waals surface area contributed by atoms with Gasteiger partial charge in [-0.2, -0.15) is 0 Å². The number of rotatable bonds is 2. The molecule has 1 unspecified atom stereocenters. The number of benzene rings is 2. The zero-order valence-corrected chi connectivity index (χ0v) is 12.4. The van der Waals surface area contributed by atoms with E-state index in [2.05, 4.69) is 11.4 Å². The summed E-state index contributed by atoms with van der Waals surface area (Å²) in [5.74, 6) is -0.00326. The van der Waals surface area contributed by atoms with Gasteiger partial charge in [-0.25, -0.2) is 0 Å². The largest absolute Gasteiger partial charge is 0.399 e. The summed E-state index contributed by atoms with van der Waals surface area (Å²) < 4.78 is 0. The molecule has 0 radical (unpaired) electrons. The van der Waals surface area contributed by atoms with Crippen LogP contribution in [0.1, 0.15) is 45.1 Å². The highest BCUT2D eigenvalue weighted by Gasteiger charge is 2.24. The smallest absolute Gasteiger partial charge is 0.251 e. The molecule has 3 heteroatoms. The Balaban J connectivity index is 1.81. The van der Waals surface area contributed by atoms with Crippen LogP contribution in [0.2, 0.25) is 0 Å². The number of fused-ring (bicyclic) bond motifs is 1. The van der Waals surface area contributed by atoms with Crippen LogP contribution in [-0.2, 0) is 6.42 Å². The van der Waals surface area contributed by atoms with Gasteiger partial charge in [-0.1, -0.05) is 23.3 Å². The van der Waals surface area contributed by atoms with Gasteiger partial charge in [-0.3, -0.25) is 4.79 Å². The minimum atomic E-state index is -0.00326. The van der Waals surface area contributed by atoms with Gasteiger partial charge in [-0.05, 0) is 62.1 Å². The predicted octanol–water partition coefficient (Wildman–Crippen LogP) is 3.30. The molecular formula is C18H20N2O. The minimum Gasteiger partial charge on any atom is -0.399 e. The molecule has 1 atom stereocenters. The van der Waals surface area contributed by atoms with Gasteiger partial charge >= 0.3 is 0 Å². The van der Waals surface area contributed by atoms with Crippen LogP contribution in [0, 0.1) is 13.8 Å². The van der Waals surface area contributed by atoms with Crippen molar-refractivity contribution < 1.29 is 4.79 Å². The molecule has 0 aliphatic heterocycles. The molecule has 0 bridgehead atoms. The fourth-order valence-corrected chi connectivity index (χ4v) is 3.13. The van der Waals surface area contributed by atoms with Crippen molar-refractivity contribution in [1.82, 2.24) is 5.32 Å². The second-order valence-electron chi connectivity index (χ2n) is 5.90. The number of nitrogens with one attached hydrogen (secondary N) is 1. The van der Waals surface area contributed by atoms with Gasteiger partial charge in [0.1, 0.15) is 0 Å². The van der Waals surface area contributed by atoms with Gasteiger partial charge in [0.15, 0.2) is 0 Å². The summed E-state index contributed by atoms with van der Waals surface area (Å²) in [6, 6.07) is 12.0. The second kappa shape index (κ2) is 5.24. The van der Waals surface area contributed by atoms with Crippen LogP contribution >= 0.6 is 0 Å². The molecule has 2 aromatic rings. The number of hydrogen-bond donors (Lipinski definition) is 2. The zero-order chi connectivity index (χ0) is 15.0. The molecule has 2 aromatic carbocycles. The van der Waals surface area contributed by atoms with Crippen LogP contribution < -0.4 is 11.1 Å². The molecule has 1 aliphatic carbocycles. The topological polar surface area (TPSA) is 55.1 Å². The Hall–Kier alpha value is -2.29. The highest BCUT2D eigenvalue weighted by molar-refractivity contribution is 5.95. The molecule has 3 N–H and O–H groups in total. The monoisotopic (exact) mass is 280 g/mol. The van der Waals surface area contributed by atoms with Crippen molar-refractivity contribution in [3.63, 3.8) is 0 Å². The van der Waals surface area contributed by atoms with Crippen molar-refractivity contribution in [2.75, 3.05) is 5.73 Å². The molecule has 0 saturated heterocycles. The van der Waals surface area contributed by atoms with Crippen LogP contribution in [0.3, 0.4) is 0 Å². The molecule has 1 amide bonds. The number of carbonyl (C=O) groups excluding carboxylic acids is 1. The van der Waals surface area contributed by atoms with E-state index in [9.17, 15) is 4.79 Å². The molecule has 0 saturated carbocycles. The molecule has 1 aliphatic rings. The summed E-state index contributed by atoms with van der Waals surface area (Å²) in [7, 11) is 0. The Labute approximate surface area is 125 Å². The van der Waals surface area contributed by atoms with E-state index in [1.54, 1.807) is 0 Å². The molecule has 108 valence electrons. The molecule has 0 heterocycles. The van der Waals surface area contributed by atoms with E-state index in [0.717, 1.165) is 35.2 Å². The minimum absolute atomic E-state index is 0.00326. The zero-order valence-electron chi connectivity index (χ0n) is 12.4. The molecule has 0 fully saturated rings. The Bertz CT molecular complexity index is 686. The summed E-state index contributed by atoms with van der Waals surface area (Å²) in [4.78, 5) is 12.4. The van der Waals surface area contributed by atoms with Gasteiger partial charge in [0.05, 0.1) is 6.04 Å². The van der Waals surface area contributed by atoms with Gasteiger partial charge < -0.3 is 11.1 Å². The quantitative estimate of drug-likeness (QED) is 0.829. The first-order chi connectivity index (χ1) is 10.0. The number of carbonyl (C=O) groups is 1. The summed E-state index contributed by atoms with van der Waals surface area (Å²) >= 11 is 0. The third-order valence-electron chi connectivity index (χ3n) is 4.03. The van der Waals surface area contributed by atoms with Gasteiger partial charge in [-0.15, -0.1) is 0 Å². The SMILES string of the molecule is Cc1cc(C)cc(C(=O)NC2CCc3cc(N)ccc32)c1. The van der Waals surface area contributed by atoms with Crippen LogP contribution in [0.15, 0.2) is 36.4 Å². The fraction of sp³-hybridized carbons (Fsp3) is 0.278. The van der Waals surface area contributed by atoms with Crippen molar-refractivity contribution in [3.8, 4) is 0 Å². The maximum Gasteiger partial charge on any atom is 0.251 e. The lowest BCUT2D eigenvalue weighted by Crippen LogP contribution is -2.27. The molecular weight excluding hydrogens is 260 g/mol. The molecule has 0 spiro atoms. The van der Waals surface area contributed by atoms with E-state index in [-0.39, 0.29) is 11.9 Å². The van der Waals surface area contributed by atoms with Crippen LogP contribution in [-0.4, -0.2) is 5.91 Å². The summed E-state index contributed by atoms with van der Waals surface area (Å²) in [6.45, 7) is 4.02. The van der Waals surface area contributed by atoms with Crippen molar-refractivity contribution in [3.05, 3.63) is 64.2 Å². The summed E-state index contributed by atoms with van der Waals surface area (Å²) in [5.41, 5.74) is 12.0. The van der Waals surface area contributed by atoms with Crippen LogP contribution in [0.25, 0.3) is 0 Å². The van der Waals surface area contributed by atoms with E-state index in [4.69, 9.17) is 5.73 Å². The third kappa shape index (κ3) is 2.77. The lowest BCUT2D eigenvalue weighted by atomic mass is 10.0. The van der Waals surface area contributed by atoms with Gasteiger partial charge in [0, 0.05) is 11.3 Å². The number of aryl methyl sites for hydroxylation is 3. The van der Waals surface area contributed by atoms with E-state index < -0.39 is 0 Å². The summed E-state index contributed by atoms with van der Waals surface area (Å²) in [6.07, 6.45) is 1.91. The van der Waals surface area contributed by atoms with Crippen LogP contribution in [0.5, 0.6) is 0 Å². The number of amides is 1. The lowest BCUT2D eigenvalue weighted by Gasteiger charge is -2.15. The van der Waals surface area contributed by atoms with Crippen molar-refractivity contribution >= 4 is 11.6 Å². The molecule has 0 aromatic heterocycles. The van der Waals surface area contributed by atoms with Crippen molar-refractivity contribution in [1.29, 1.82) is 0 Å². The number of anilines is 1. The lowest BCUT2D eigenvalue weighted by molar-refractivity contribution is 0.0936. The molecule has 3 nitrogen and oxygen atoms in total. The van der Waals surface area contributed by atoms with E-state index in [1.807, 2.05) is 44.2 Å². The number of hydrogen-bond acceptors (Lipinski definition) is 2. The van der Waals surface area contributed by atoms with E-state index in [0.29, 0.717) is 0 Å². The van der Waals surface area contributed by atoms with Gasteiger partial charge in [0.25, 0.3) is 5.91 Å². The number of nitrogen functional groups attached to an aromatic ring is 1. The first kappa shape index (κ1) is 13.7. The normalized spacial score (nSPS) is 16.6. The maximum absolute atomic E-state index is 12.4. The highest BCUT2D eigenvalue weighted by Crippen LogP contribution is 2.32. The highest BCUT2D eigenvalue weighted by atomic mass is 16.1. The standard InChI is InChI=1S/C18H20N2O/c1-11-7-12(2)9-14(8-11)18(21)20-17-6-3-13-10-15(19)4-5-16(13)17/h4-5,7-10,17H,3,6,19H2,1-2H3,(H,20,21). The van der Waals surface area contributed by atoms with Crippen LogP contribution in [0.4, 0.5) is 5.69 Å². The Morgan fingerprint density at radius 2 is 1.86 bits per heavy atom. The predicted molar refractivity (Wildman–Crippen MR) is 85.3 cm³/mol. The van der Waals surface area contributed by atoms with E-state index >= 15 is 0 Å².